The number of benzene rings is 1. The summed E-state index contributed by atoms with van der Waals surface area (Å²) in [6.07, 6.45) is 0. The molecule has 3 aromatic rings. The summed E-state index contributed by atoms with van der Waals surface area (Å²) in [4.78, 5) is 11.7. The molecule has 3 aliphatic rings. The molecule has 2 aromatic heterocycles. The van der Waals surface area contributed by atoms with E-state index < -0.39 is 0 Å². The number of rotatable bonds is 2. The first-order chi connectivity index (χ1) is 14.5. The van der Waals surface area contributed by atoms with Crippen LogP contribution in [0.5, 0.6) is 0 Å². The minimum atomic E-state index is 0.335. The van der Waals surface area contributed by atoms with Gasteiger partial charge in [-0.3, -0.25) is 9.47 Å². The molecule has 0 bridgehead atoms. The fourth-order valence-electron chi connectivity index (χ4n) is 5.08. The van der Waals surface area contributed by atoms with Crippen molar-refractivity contribution in [1.29, 1.82) is 0 Å². The van der Waals surface area contributed by atoms with Gasteiger partial charge in [0.25, 0.3) is 0 Å². The number of anilines is 2. The van der Waals surface area contributed by atoms with Crippen LogP contribution in [0.1, 0.15) is 17.1 Å². The van der Waals surface area contributed by atoms with Crippen molar-refractivity contribution < 1.29 is 0 Å². The zero-order valence-corrected chi connectivity index (χ0v) is 18.0. The Morgan fingerprint density at radius 2 is 1.77 bits per heavy atom. The van der Waals surface area contributed by atoms with Gasteiger partial charge < -0.3 is 9.80 Å². The van der Waals surface area contributed by atoms with Crippen LogP contribution in [-0.2, 0) is 13.1 Å². The molecule has 30 heavy (non-hydrogen) atoms. The molecular weight excluding hydrogens is 398 g/mol. The summed E-state index contributed by atoms with van der Waals surface area (Å²) in [6.45, 7) is 7.78. The van der Waals surface area contributed by atoms with E-state index in [9.17, 15) is 0 Å². The Labute approximate surface area is 180 Å². The van der Waals surface area contributed by atoms with Crippen molar-refractivity contribution in [1.82, 2.24) is 24.6 Å². The molecule has 1 aromatic carbocycles. The van der Waals surface area contributed by atoms with Gasteiger partial charge in [-0.1, -0.05) is 17.7 Å². The second kappa shape index (κ2) is 6.43. The minimum Gasteiger partial charge on any atom is -0.355 e. The van der Waals surface area contributed by atoms with Crippen LogP contribution in [0.15, 0.2) is 36.4 Å². The molecule has 8 heteroatoms. The third-order valence-corrected chi connectivity index (χ3v) is 6.67. The van der Waals surface area contributed by atoms with Crippen LogP contribution in [0.25, 0.3) is 5.69 Å². The highest BCUT2D eigenvalue weighted by atomic mass is 35.5. The third-order valence-electron chi connectivity index (χ3n) is 6.43. The van der Waals surface area contributed by atoms with Gasteiger partial charge >= 0.3 is 0 Å². The summed E-state index contributed by atoms with van der Waals surface area (Å²) in [5.74, 6) is 3.01. The Morgan fingerprint density at radius 3 is 2.57 bits per heavy atom. The van der Waals surface area contributed by atoms with Gasteiger partial charge in [0, 0.05) is 48.9 Å². The summed E-state index contributed by atoms with van der Waals surface area (Å²) >= 11 is 6.28. The third kappa shape index (κ3) is 2.80. The van der Waals surface area contributed by atoms with Crippen molar-refractivity contribution in [2.45, 2.75) is 20.0 Å². The van der Waals surface area contributed by atoms with Crippen molar-refractivity contribution in [3.05, 3.63) is 58.5 Å². The van der Waals surface area contributed by atoms with Crippen molar-refractivity contribution in [3.8, 4) is 5.69 Å². The van der Waals surface area contributed by atoms with Gasteiger partial charge in [-0.2, -0.15) is 0 Å². The number of hydrogen-bond donors (Lipinski definition) is 0. The lowest BCUT2D eigenvalue weighted by Crippen LogP contribution is -2.73. The SMILES string of the molecule is Cc1cccc(N2CC3(C2)CN(c2nnc4n2-c2ccc(Cl)cc2CN(C)C4)C3)n1. The molecule has 3 aliphatic heterocycles. The summed E-state index contributed by atoms with van der Waals surface area (Å²) in [5, 5.41) is 9.88. The Hall–Kier alpha value is -2.64. The average Bonchev–Trinajstić information content (AvgIpc) is 2.96. The van der Waals surface area contributed by atoms with Crippen LogP contribution < -0.4 is 9.80 Å². The molecule has 0 saturated carbocycles. The molecule has 6 rings (SSSR count). The van der Waals surface area contributed by atoms with E-state index >= 15 is 0 Å². The lowest BCUT2D eigenvalue weighted by Gasteiger charge is -2.60. The first-order valence-corrected chi connectivity index (χ1v) is 10.7. The van der Waals surface area contributed by atoms with E-state index in [4.69, 9.17) is 11.6 Å². The van der Waals surface area contributed by atoms with Gasteiger partial charge in [0.15, 0.2) is 5.82 Å². The highest BCUT2D eigenvalue weighted by Gasteiger charge is 2.53. The maximum atomic E-state index is 6.28. The van der Waals surface area contributed by atoms with Crippen LogP contribution in [-0.4, -0.2) is 57.9 Å². The molecule has 0 radical (unpaired) electrons. The monoisotopic (exact) mass is 421 g/mol. The molecule has 1 spiro atoms. The van der Waals surface area contributed by atoms with Crippen molar-refractivity contribution in [2.24, 2.45) is 5.41 Å². The fourth-order valence-corrected chi connectivity index (χ4v) is 5.28. The number of fused-ring (bicyclic) bond motifs is 3. The highest BCUT2D eigenvalue weighted by Crippen LogP contribution is 2.43. The molecule has 0 amide bonds. The van der Waals surface area contributed by atoms with Crippen LogP contribution in [0.2, 0.25) is 5.02 Å². The molecule has 0 N–H and O–H groups in total. The van der Waals surface area contributed by atoms with E-state index in [0.29, 0.717) is 5.41 Å². The molecule has 154 valence electrons. The van der Waals surface area contributed by atoms with E-state index in [1.165, 1.54) is 5.56 Å². The number of pyridine rings is 1. The minimum absolute atomic E-state index is 0.335. The summed E-state index contributed by atoms with van der Waals surface area (Å²) in [7, 11) is 2.11. The predicted molar refractivity (Wildman–Crippen MR) is 117 cm³/mol. The lowest BCUT2D eigenvalue weighted by molar-refractivity contribution is 0.153. The first kappa shape index (κ1) is 18.2. The van der Waals surface area contributed by atoms with Gasteiger partial charge in [-0.25, -0.2) is 4.98 Å². The number of halogens is 1. The van der Waals surface area contributed by atoms with Gasteiger partial charge in [-0.05, 0) is 49.9 Å². The quantitative estimate of drug-likeness (QED) is 0.634. The summed E-state index contributed by atoms with van der Waals surface area (Å²) < 4.78 is 2.22. The Kier molecular flexibility index (Phi) is 3.89. The van der Waals surface area contributed by atoms with Crippen molar-refractivity contribution in [2.75, 3.05) is 43.0 Å². The second-order valence-corrected chi connectivity index (χ2v) is 9.48. The molecule has 0 atom stereocenters. The molecular formula is C22H24ClN7. The molecule has 2 saturated heterocycles. The average molecular weight is 422 g/mol. The predicted octanol–water partition coefficient (Wildman–Crippen LogP) is 2.90. The Bertz CT molecular complexity index is 1130. The summed E-state index contributed by atoms with van der Waals surface area (Å²) in [5.41, 5.74) is 3.75. The van der Waals surface area contributed by atoms with Gasteiger partial charge in [0.1, 0.15) is 5.82 Å². The van der Waals surface area contributed by atoms with Crippen LogP contribution in [0, 0.1) is 12.3 Å². The van der Waals surface area contributed by atoms with E-state index in [0.717, 1.165) is 73.3 Å². The van der Waals surface area contributed by atoms with E-state index in [-0.39, 0.29) is 0 Å². The van der Waals surface area contributed by atoms with E-state index in [2.05, 4.69) is 65.8 Å². The lowest BCUT2D eigenvalue weighted by atomic mass is 9.73. The standard InChI is InChI=1S/C22H24ClN7/c1-15-4-3-5-19(24-15)28-11-22(12-28)13-29(14-22)21-26-25-20-10-27(2)9-16-8-17(23)6-7-18(16)30(20)21/h3-8H,9-14H2,1-2H3. The largest absolute Gasteiger partial charge is 0.355 e. The smallest absolute Gasteiger partial charge is 0.231 e. The molecule has 7 nitrogen and oxygen atoms in total. The number of nitrogens with zero attached hydrogens (tertiary/aromatic N) is 7. The molecule has 0 unspecified atom stereocenters. The number of aromatic nitrogens is 4. The Morgan fingerprint density at radius 1 is 0.967 bits per heavy atom. The topological polar surface area (TPSA) is 53.3 Å². The maximum Gasteiger partial charge on any atom is 0.231 e. The highest BCUT2D eigenvalue weighted by molar-refractivity contribution is 6.30. The second-order valence-electron chi connectivity index (χ2n) is 9.05. The van der Waals surface area contributed by atoms with Gasteiger partial charge in [0.05, 0.1) is 12.2 Å². The fraction of sp³-hybridized carbons (Fsp3) is 0.409. The normalized spacial score (nSPS) is 19.7. The van der Waals surface area contributed by atoms with Crippen LogP contribution in [0.4, 0.5) is 11.8 Å². The maximum absolute atomic E-state index is 6.28. The van der Waals surface area contributed by atoms with Gasteiger partial charge in [0.2, 0.25) is 5.95 Å². The van der Waals surface area contributed by atoms with Crippen molar-refractivity contribution in [3.63, 3.8) is 0 Å². The van der Waals surface area contributed by atoms with Crippen LogP contribution >= 0.6 is 11.6 Å². The molecule has 0 aliphatic carbocycles. The number of aryl methyl sites for hydroxylation is 1. The van der Waals surface area contributed by atoms with Crippen molar-refractivity contribution >= 4 is 23.4 Å². The van der Waals surface area contributed by atoms with Crippen LogP contribution in [0.3, 0.4) is 0 Å². The van der Waals surface area contributed by atoms with E-state index in [1.807, 2.05) is 19.1 Å². The molecule has 2 fully saturated rings. The first-order valence-electron chi connectivity index (χ1n) is 10.3. The Balaban J connectivity index is 1.24. The summed E-state index contributed by atoms with van der Waals surface area (Å²) in [6, 6.07) is 12.3. The van der Waals surface area contributed by atoms with Gasteiger partial charge in [-0.15, -0.1) is 10.2 Å². The number of hydrogen-bond acceptors (Lipinski definition) is 6. The van der Waals surface area contributed by atoms with E-state index in [1.54, 1.807) is 0 Å². The zero-order valence-electron chi connectivity index (χ0n) is 17.2. The molecule has 5 heterocycles. The zero-order chi connectivity index (χ0) is 20.5.